The number of hydrogen-bond donors (Lipinski definition) is 1. The maximum Gasteiger partial charge on any atom is 0.349 e. The lowest BCUT2D eigenvalue weighted by Crippen LogP contribution is -2.22. The lowest BCUT2D eigenvalue weighted by molar-refractivity contribution is -0.142. The van der Waals surface area contributed by atoms with E-state index < -0.39 is 24.5 Å². The van der Waals surface area contributed by atoms with Crippen LogP contribution in [0.5, 0.6) is 0 Å². The molecule has 9 heteroatoms. The van der Waals surface area contributed by atoms with Crippen LogP contribution in [0.1, 0.15) is 58.0 Å². The van der Waals surface area contributed by atoms with Crippen LogP contribution in [-0.2, 0) is 25.6 Å². The normalized spacial score (nSPS) is 11.2. The molecule has 0 fully saturated rings. The van der Waals surface area contributed by atoms with Crippen LogP contribution in [-0.4, -0.2) is 35.6 Å². The number of nitrogens with zero attached hydrogens (tertiary/aromatic N) is 2. The van der Waals surface area contributed by atoms with Crippen molar-refractivity contribution in [2.45, 2.75) is 54.5 Å². The van der Waals surface area contributed by atoms with Crippen LogP contribution in [0.2, 0.25) is 0 Å². The van der Waals surface area contributed by atoms with Gasteiger partial charge < -0.3 is 19.4 Å². The molecule has 1 amide bonds. The van der Waals surface area contributed by atoms with Crippen LogP contribution >= 0.6 is 11.3 Å². The van der Waals surface area contributed by atoms with Gasteiger partial charge >= 0.3 is 11.9 Å². The molecule has 0 bridgehead atoms. The van der Waals surface area contributed by atoms with Gasteiger partial charge in [0.05, 0.1) is 6.61 Å². The zero-order valence-electron chi connectivity index (χ0n) is 23.1. The molecule has 3 aromatic rings. The molecule has 1 aromatic carbocycles. The second-order valence-corrected chi connectivity index (χ2v) is 10.3. The number of esters is 2. The number of thiophene rings is 1. The number of carbonyl (C=O) groups is 3. The van der Waals surface area contributed by atoms with E-state index in [0.717, 1.165) is 45.9 Å². The summed E-state index contributed by atoms with van der Waals surface area (Å²) >= 11 is 1.24. The summed E-state index contributed by atoms with van der Waals surface area (Å²) in [5.74, 6) is -2.09. The van der Waals surface area contributed by atoms with E-state index in [-0.39, 0.29) is 17.7 Å². The van der Waals surface area contributed by atoms with Gasteiger partial charge in [-0.05, 0) is 64.3 Å². The zero-order valence-corrected chi connectivity index (χ0v) is 24.0. The molecule has 0 radical (unpaired) electrons. The molecule has 0 aliphatic rings. The van der Waals surface area contributed by atoms with E-state index in [1.54, 1.807) is 6.92 Å². The molecule has 0 saturated heterocycles. The molecular weight excluding hydrogens is 514 g/mol. The Labute approximate surface area is 232 Å². The van der Waals surface area contributed by atoms with Gasteiger partial charge in [0, 0.05) is 28.4 Å². The number of ether oxygens (including phenoxy) is 2. The van der Waals surface area contributed by atoms with Crippen molar-refractivity contribution in [1.29, 1.82) is 5.26 Å². The van der Waals surface area contributed by atoms with Gasteiger partial charge in [-0.1, -0.05) is 36.8 Å². The molecule has 0 atom stereocenters. The molecule has 0 aliphatic carbocycles. The van der Waals surface area contributed by atoms with Gasteiger partial charge in [-0.2, -0.15) is 5.26 Å². The van der Waals surface area contributed by atoms with Crippen molar-refractivity contribution < 1.29 is 23.9 Å². The summed E-state index contributed by atoms with van der Waals surface area (Å²) in [5.41, 5.74) is 5.34. The van der Waals surface area contributed by atoms with Crippen molar-refractivity contribution in [2.75, 3.05) is 18.5 Å². The fraction of sp³-hybridized carbons (Fsp3) is 0.333. The average Bonchev–Trinajstić information content (AvgIpc) is 3.36. The molecule has 0 saturated carbocycles. The Bertz CT molecular complexity index is 1450. The van der Waals surface area contributed by atoms with Gasteiger partial charge in [0.2, 0.25) is 0 Å². The van der Waals surface area contributed by atoms with Gasteiger partial charge in [0.25, 0.3) is 5.91 Å². The van der Waals surface area contributed by atoms with Crippen LogP contribution in [0.15, 0.2) is 35.9 Å². The van der Waals surface area contributed by atoms with Crippen LogP contribution in [0.4, 0.5) is 5.00 Å². The highest BCUT2D eigenvalue weighted by Gasteiger charge is 2.26. The predicted octanol–water partition coefficient (Wildman–Crippen LogP) is 6.13. The highest BCUT2D eigenvalue weighted by Crippen LogP contribution is 2.40. The molecule has 8 nitrogen and oxygen atoms in total. The van der Waals surface area contributed by atoms with E-state index in [1.807, 2.05) is 64.1 Å². The van der Waals surface area contributed by atoms with Gasteiger partial charge in [-0.3, -0.25) is 4.79 Å². The first-order valence-corrected chi connectivity index (χ1v) is 13.6. The molecule has 0 spiro atoms. The first-order chi connectivity index (χ1) is 18.6. The third-order valence-electron chi connectivity index (χ3n) is 6.19. The molecule has 0 unspecified atom stereocenters. The Morgan fingerprint density at radius 2 is 1.77 bits per heavy atom. The van der Waals surface area contributed by atoms with E-state index >= 15 is 0 Å². The standard InChI is InChI=1S/C30H33N3O5S/c1-7-13-33-19(4)14-23(20(33)5)15-24(16-31)29(35)38-17-25(34)32-28-27(30(36)37-8-2)26(21(6)39-28)22-11-9-18(3)10-12-22/h9-12,14-15H,7-8,13,17H2,1-6H3,(H,32,34). The van der Waals surface area contributed by atoms with Crippen molar-refractivity contribution in [3.63, 3.8) is 0 Å². The van der Waals surface area contributed by atoms with Crippen molar-refractivity contribution in [2.24, 2.45) is 0 Å². The van der Waals surface area contributed by atoms with Gasteiger partial charge in [0.1, 0.15) is 22.2 Å². The van der Waals surface area contributed by atoms with E-state index in [9.17, 15) is 19.6 Å². The average molecular weight is 548 g/mol. The fourth-order valence-corrected chi connectivity index (χ4v) is 5.38. The molecule has 2 aromatic heterocycles. The summed E-state index contributed by atoms with van der Waals surface area (Å²) in [5, 5.41) is 12.6. The van der Waals surface area contributed by atoms with Crippen molar-refractivity contribution >= 4 is 40.3 Å². The molecular formula is C30H33N3O5S. The highest BCUT2D eigenvalue weighted by molar-refractivity contribution is 7.17. The van der Waals surface area contributed by atoms with Crippen molar-refractivity contribution in [1.82, 2.24) is 4.57 Å². The summed E-state index contributed by atoms with van der Waals surface area (Å²) < 4.78 is 12.5. The van der Waals surface area contributed by atoms with Crippen LogP contribution in [0.3, 0.4) is 0 Å². The number of amides is 1. The van der Waals surface area contributed by atoms with Crippen molar-refractivity contribution in [3.05, 3.63) is 68.9 Å². The van der Waals surface area contributed by atoms with E-state index in [1.165, 1.54) is 17.4 Å². The minimum atomic E-state index is -0.902. The number of anilines is 1. The topological polar surface area (TPSA) is 110 Å². The first-order valence-electron chi connectivity index (χ1n) is 12.7. The summed E-state index contributed by atoms with van der Waals surface area (Å²) in [6, 6.07) is 11.5. The van der Waals surface area contributed by atoms with E-state index in [0.29, 0.717) is 10.6 Å². The van der Waals surface area contributed by atoms with Crippen molar-refractivity contribution in [3.8, 4) is 17.2 Å². The molecule has 1 N–H and O–H groups in total. The molecule has 204 valence electrons. The lowest BCUT2D eigenvalue weighted by Gasteiger charge is -2.10. The largest absolute Gasteiger partial charge is 0.462 e. The molecule has 3 rings (SSSR count). The van der Waals surface area contributed by atoms with E-state index in [2.05, 4.69) is 16.8 Å². The number of aryl methyl sites for hydroxylation is 3. The Balaban J connectivity index is 1.78. The minimum absolute atomic E-state index is 0.177. The molecule has 39 heavy (non-hydrogen) atoms. The van der Waals surface area contributed by atoms with Gasteiger partial charge in [-0.15, -0.1) is 11.3 Å². The number of nitriles is 1. The lowest BCUT2D eigenvalue weighted by atomic mass is 10.0. The predicted molar refractivity (Wildman–Crippen MR) is 153 cm³/mol. The smallest absolute Gasteiger partial charge is 0.349 e. The fourth-order valence-electron chi connectivity index (χ4n) is 4.30. The summed E-state index contributed by atoms with van der Waals surface area (Å²) in [4.78, 5) is 39.1. The first kappa shape index (κ1) is 29.4. The maximum atomic E-state index is 12.9. The Kier molecular flexibility index (Phi) is 9.85. The van der Waals surface area contributed by atoms with E-state index in [4.69, 9.17) is 9.47 Å². The number of benzene rings is 1. The van der Waals surface area contributed by atoms with Crippen LogP contribution < -0.4 is 5.32 Å². The van der Waals surface area contributed by atoms with Gasteiger partial charge in [-0.25, -0.2) is 9.59 Å². The molecule has 0 aliphatic heterocycles. The third kappa shape index (κ3) is 6.84. The number of rotatable bonds is 10. The second kappa shape index (κ2) is 13.1. The minimum Gasteiger partial charge on any atom is -0.462 e. The summed E-state index contributed by atoms with van der Waals surface area (Å²) in [6.07, 6.45) is 2.43. The second-order valence-electron chi connectivity index (χ2n) is 9.10. The Morgan fingerprint density at radius 3 is 2.38 bits per heavy atom. The molecule has 2 heterocycles. The SMILES string of the molecule is CCCn1c(C)cc(C=C(C#N)C(=O)OCC(=O)Nc2sc(C)c(-c3ccc(C)cc3)c2C(=O)OCC)c1C. The summed E-state index contributed by atoms with van der Waals surface area (Å²) in [6.45, 7) is 11.9. The summed E-state index contributed by atoms with van der Waals surface area (Å²) in [7, 11) is 0. The van der Waals surface area contributed by atoms with Crippen LogP contribution in [0, 0.1) is 39.0 Å². The monoisotopic (exact) mass is 547 g/mol. The number of nitrogens with one attached hydrogen (secondary N) is 1. The van der Waals surface area contributed by atoms with Gasteiger partial charge in [0.15, 0.2) is 6.61 Å². The Morgan fingerprint density at radius 1 is 1.08 bits per heavy atom. The number of hydrogen-bond acceptors (Lipinski definition) is 7. The third-order valence-corrected chi connectivity index (χ3v) is 7.21. The zero-order chi connectivity index (χ0) is 28.7. The quantitative estimate of drug-likeness (QED) is 0.186. The number of carbonyl (C=O) groups excluding carboxylic acids is 3. The maximum absolute atomic E-state index is 12.9. The Hall–Kier alpha value is -4.16. The number of aromatic nitrogens is 1. The van der Waals surface area contributed by atoms with Crippen LogP contribution in [0.25, 0.3) is 17.2 Å². The highest BCUT2D eigenvalue weighted by atomic mass is 32.1.